The van der Waals surface area contributed by atoms with E-state index in [2.05, 4.69) is 35.9 Å². The molecule has 1 saturated carbocycles. The fourth-order valence-electron chi connectivity index (χ4n) is 4.01. The first kappa shape index (κ1) is 16.2. The van der Waals surface area contributed by atoms with Gasteiger partial charge in [0.05, 0.1) is 6.61 Å². The Morgan fingerprint density at radius 1 is 1.25 bits per heavy atom. The summed E-state index contributed by atoms with van der Waals surface area (Å²) >= 11 is 0. The van der Waals surface area contributed by atoms with Gasteiger partial charge in [-0.1, -0.05) is 20.8 Å². The predicted octanol–water partition coefficient (Wildman–Crippen LogP) is 1.30. The summed E-state index contributed by atoms with van der Waals surface area (Å²) < 4.78 is 0. The molecule has 1 aliphatic heterocycles. The molecule has 0 radical (unpaired) electrons. The first-order chi connectivity index (χ1) is 9.58. The standard InChI is InChI=1S/C16H33N3O/c1-4-7-18-8-10-19(11-9-18)15-5-6-16(12-15,13-20)17-14(2)3/h14-15,17,20H,4-13H2,1-3H3. The van der Waals surface area contributed by atoms with Crippen molar-refractivity contribution < 1.29 is 5.11 Å². The molecule has 2 atom stereocenters. The maximum absolute atomic E-state index is 9.80. The van der Waals surface area contributed by atoms with E-state index in [9.17, 15) is 5.11 Å². The van der Waals surface area contributed by atoms with Gasteiger partial charge in [-0.05, 0) is 32.2 Å². The quantitative estimate of drug-likeness (QED) is 0.771. The van der Waals surface area contributed by atoms with E-state index in [1.807, 2.05) is 0 Å². The molecule has 1 heterocycles. The zero-order valence-electron chi connectivity index (χ0n) is 13.6. The lowest BCUT2D eigenvalue weighted by Crippen LogP contribution is -2.53. The Hall–Kier alpha value is -0.160. The number of aliphatic hydroxyl groups excluding tert-OH is 1. The summed E-state index contributed by atoms with van der Waals surface area (Å²) in [6, 6.07) is 1.11. The lowest BCUT2D eigenvalue weighted by Gasteiger charge is -2.39. The summed E-state index contributed by atoms with van der Waals surface area (Å²) in [6.07, 6.45) is 4.71. The second-order valence-corrected chi connectivity index (χ2v) is 7.01. The zero-order chi connectivity index (χ0) is 14.6. The van der Waals surface area contributed by atoms with E-state index in [-0.39, 0.29) is 12.1 Å². The van der Waals surface area contributed by atoms with Gasteiger partial charge in [-0.3, -0.25) is 4.90 Å². The molecule has 0 bridgehead atoms. The average molecular weight is 283 g/mol. The Morgan fingerprint density at radius 2 is 1.95 bits per heavy atom. The van der Waals surface area contributed by atoms with Crippen LogP contribution in [-0.4, -0.2) is 71.9 Å². The highest BCUT2D eigenvalue weighted by Crippen LogP contribution is 2.33. The second-order valence-electron chi connectivity index (χ2n) is 7.01. The van der Waals surface area contributed by atoms with Crippen LogP contribution in [0.3, 0.4) is 0 Å². The van der Waals surface area contributed by atoms with Crippen LogP contribution in [0.25, 0.3) is 0 Å². The van der Waals surface area contributed by atoms with Crippen molar-refractivity contribution in [3.05, 3.63) is 0 Å². The fraction of sp³-hybridized carbons (Fsp3) is 1.00. The summed E-state index contributed by atoms with van der Waals surface area (Å²) in [4.78, 5) is 5.24. The topological polar surface area (TPSA) is 38.7 Å². The molecule has 0 spiro atoms. The summed E-state index contributed by atoms with van der Waals surface area (Å²) in [5.74, 6) is 0. The smallest absolute Gasteiger partial charge is 0.0614 e. The van der Waals surface area contributed by atoms with Crippen molar-refractivity contribution in [2.75, 3.05) is 39.3 Å². The van der Waals surface area contributed by atoms with Crippen LogP contribution in [0.4, 0.5) is 0 Å². The molecule has 2 N–H and O–H groups in total. The molecule has 2 aliphatic rings. The van der Waals surface area contributed by atoms with Crippen molar-refractivity contribution in [3.63, 3.8) is 0 Å². The summed E-state index contributed by atoms with van der Waals surface area (Å²) in [7, 11) is 0. The Bertz CT molecular complexity index is 289. The number of rotatable bonds is 6. The fourth-order valence-corrected chi connectivity index (χ4v) is 4.01. The Balaban J connectivity index is 1.83. The van der Waals surface area contributed by atoms with Gasteiger partial charge in [-0.2, -0.15) is 0 Å². The van der Waals surface area contributed by atoms with E-state index >= 15 is 0 Å². The van der Waals surface area contributed by atoms with Crippen molar-refractivity contribution in [1.82, 2.24) is 15.1 Å². The van der Waals surface area contributed by atoms with E-state index in [0.29, 0.717) is 12.1 Å². The van der Waals surface area contributed by atoms with Crippen LogP contribution >= 0.6 is 0 Å². The average Bonchev–Trinajstić information content (AvgIpc) is 2.84. The SMILES string of the molecule is CCCN1CCN(C2CCC(CO)(NC(C)C)C2)CC1. The van der Waals surface area contributed by atoms with Gasteiger partial charge in [-0.25, -0.2) is 0 Å². The van der Waals surface area contributed by atoms with Crippen LogP contribution in [0.2, 0.25) is 0 Å². The van der Waals surface area contributed by atoms with Gasteiger partial charge in [0.15, 0.2) is 0 Å². The largest absolute Gasteiger partial charge is 0.394 e. The normalized spacial score (nSPS) is 33.1. The molecule has 2 rings (SSSR count). The van der Waals surface area contributed by atoms with Gasteiger partial charge in [0.1, 0.15) is 0 Å². The lowest BCUT2D eigenvalue weighted by atomic mass is 9.97. The zero-order valence-corrected chi connectivity index (χ0v) is 13.6. The summed E-state index contributed by atoms with van der Waals surface area (Å²) in [5.41, 5.74) is -0.0284. The molecular weight excluding hydrogens is 250 g/mol. The monoisotopic (exact) mass is 283 g/mol. The maximum Gasteiger partial charge on any atom is 0.0614 e. The van der Waals surface area contributed by atoms with Crippen LogP contribution in [0.5, 0.6) is 0 Å². The first-order valence-electron chi connectivity index (χ1n) is 8.43. The number of nitrogens with one attached hydrogen (secondary N) is 1. The highest BCUT2D eigenvalue weighted by Gasteiger charge is 2.41. The van der Waals surface area contributed by atoms with Crippen molar-refractivity contribution in [2.45, 2.75) is 64.1 Å². The molecule has 0 amide bonds. The third-order valence-corrected chi connectivity index (χ3v) is 4.94. The minimum absolute atomic E-state index is 0.0284. The number of aliphatic hydroxyl groups is 1. The Labute approximate surface area is 124 Å². The molecule has 1 aliphatic carbocycles. The first-order valence-corrected chi connectivity index (χ1v) is 8.43. The maximum atomic E-state index is 9.80. The molecule has 118 valence electrons. The van der Waals surface area contributed by atoms with Crippen LogP contribution in [0.1, 0.15) is 46.5 Å². The summed E-state index contributed by atoms with van der Waals surface area (Å²) in [6.45, 7) is 13.0. The van der Waals surface area contributed by atoms with E-state index < -0.39 is 0 Å². The van der Waals surface area contributed by atoms with Crippen LogP contribution < -0.4 is 5.32 Å². The van der Waals surface area contributed by atoms with Crippen molar-refractivity contribution >= 4 is 0 Å². The molecule has 1 saturated heterocycles. The van der Waals surface area contributed by atoms with Gasteiger partial charge < -0.3 is 15.3 Å². The number of piperazine rings is 1. The van der Waals surface area contributed by atoms with E-state index in [0.717, 1.165) is 12.8 Å². The van der Waals surface area contributed by atoms with Crippen molar-refractivity contribution in [3.8, 4) is 0 Å². The molecule has 20 heavy (non-hydrogen) atoms. The molecular formula is C16H33N3O. The Morgan fingerprint density at radius 3 is 2.50 bits per heavy atom. The molecule has 0 aromatic heterocycles. The highest BCUT2D eigenvalue weighted by molar-refractivity contribution is 5.00. The van der Waals surface area contributed by atoms with Crippen LogP contribution in [0, 0.1) is 0 Å². The van der Waals surface area contributed by atoms with Crippen molar-refractivity contribution in [2.24, 2.45) is 0 Å². The Kier molecular flexibility index (Phi) is 5.84. The minimum atomic E-state index is -0.0284. The molecule has 0 aromatic carbocycles. The summed E-state index contributed by atoms with van der Waals surface area (Å²) in [5, 5.41) is 13.4. The van der Waals surface area contributed by atoms with Gasteiger partial charge >= 0.3 is 0 Å². The van der Waals surface area contributed by atoms with E-state index in [1.165, 1.54) is 45.6 Å². The van der Waals surface area contributed by atoms with Gasteiger partial charge in [0, 0.05) is 43.8 Å². The third kappa shape index (κ3) is 3.94. The minimum Gasteiger partial charge on any atom is -0.394 e. The lowest BCUT2D eigenvalue weighted by molar-refractivity contribution is 0.0870. The van der Waals surface area contributed by atoms with E-state index in [4.69, 9.17) is 0 Å². The van der Waals surface area contributed by atoms with Crippen molar-refractivity contribution in [1.29, 1.82) is 0 Å². The van der Waals surface area contributed by atoms with Crippen LogP contribution in [-0.2, 0) is 0 Å². The molecule has 4 nitrogen and oxygen atoms in total. The molecule has 2 unspecified atom stereocenters. The van der Waals surface area contributed by atoms with Gasteiger partial charge in [-0.15, -0.1) is 0 Å². The highest BCUT2D eigenvalue weighted by atomic mass is 16.3. The van der Waals surface area contributed by atoms with Gasteiger partial charge in [0.2, 0.25) is 0 Å². The number of hydrogen-bond acceptors (Lipinski definition) is 4. The third-order valence-electron chi connectivity index (χ3n) is 4.94. The van der Waals surface area contributed by atoms with Crippen LogP contribution in [0.15, 0.2) is 0 Å². The molecule has 0 aromatic rings. The predicted molar refractivity (Wildman–Crippen MR) is 84.0 cm³/mol. The second kappa shape index (κ2) is 7.21. The number of nitrogens with zero attached hydrogens (tertiary/aromatic N) is 2. The molecule has 2 fully saturated rings. The molecule has 4 heteroatoms. The number of hydrogen-bond donors (Lipinski definition) is 2. The van der Waals surface area contributed by atoms with E-state index in [1.54, 1.807) is 0 Å². The van der Waals surface area contributed by atoms with Gasteiger partial charge in [0.25, 0.3) is 0 Å².